The first-order chi connectivity index (χ1) is 16.7. The Labute approximate surface area is 217 Å². The number of amides is 1. The number of nitrogens with one attached hydrogen (secondary N) is 1. The van der Waals surface area contributed by atoms with Crippen molar-refractivity contribution in [2.45, 2.75) is 11.4 Å². The van der Waals surface area contributed by atoms with Crippen molar-refractivity contribution in [3.63, 3.8) is 0 Å². The van der Waals surface area contributed by atoms with Gasteiger partial charge in [0.05, 0.1) is 31.9 Å². The molecule has 35 heavy (non-hydrogen) atoms. The standard InChI is InChI=1S/C24H23BrClN3O5S/c1-33-20-9-12-23(34-2)18(13-20)14-27-28-24(30)16-29(15-17-5-3-4-6-22(17)26)35(31,32)21-10-7-19(25)8-11-21/h3-14H,15-16H2,1-2H3,(H,28,30)/b27-14+. The Balaban J connectivity index is 1.82. The predicted molar refractivity (Wildman–Crippen MR) is 138 cm³/mol. The van der Waals surface area contributed by atoms with Gasteiger partial charge in [-0.25, -0.2) is 13.8 Å². The highest BCUT2D eigenvalue weighted by molar-refractivity contribution is 9.10. The van der Waals surface area contributed by atoms with E-state index in [4.69, 9.17) is 21.1 Å². The van der Waals surface area contributed by atoms with Crippen molar-refractivity contribution >= 4 is 49.7 Å². The van der Waals surface area contributed by atoms with E-state index >= 15 is 0 Å². The molecule has 0 heterocycles. The first-order valence-electron chi connectivity index (χ1n) is 10.3. The summed E-state index contributed by atoms with van der Waals surface area (Å²) in [5.41, 5.74) is 3.51. The number of rotatable bonds is 10. The van der Waals surface area contributed by atoms with Gasteiger partial charge >= 0.3 is 0 Å². The molecule has 11 heteroatoms. The Bertz CT molecular complexity index is 1320. The van der Waals surface area contributed by atoms with Gasteiger partial charge in [0.25, 0.3) is 5.91 Å². The van der Waals surface area contributed by atoms with E-state index in [0.29, 0.717) is 27.6 Å². The van der Waals surface area contributed by atoms with Gasteiger partial charge in [0.2, 0.25) is 10.0 Å². The molecule has 0 bridgehead atoms. The van der Waals surface area contributed by atoms with Crippen LogP contribution in [0.3, 0.4) is 0 Å². The number of halogens is 2. The topological polar surface area (TPSA) is 97.3 Å². The van der Waals surface area contributed by atoms with E-state index in [9.17, 15) is 13.2 Å². The second kappa shape index (κ2) is 12.2. The molecular weight excluding hydrogens is 558 g/mol. The average molecular weight is 581 g/mol. The highest BCUT2D eigenvalue weighted by Crippen LogP contribution is 2.24. The zero-order chi connectivity index (χ0) is 25.4. The lowest BCUT2D eigenvalue weighted by atomic mass is 10.2. The molecule has 0 aliphatic heterocycles. The molecule has 0 unspecified atom stereocenters. The lowest BCUT2D eigenvalue weighted by molar-refractivity contribution is -0.121. The molecule has 3 rings (SSSR count). The van der Waals surface area contributed by atoms with Crippen LogP contribution in [0.4, 0.5) is 0 Å². The molecule has 0 spiro atoms. The van der Waals surface area contributed by atoms with Gasteiger partial charge in [-0.15, -0.1) is 0 Å². The zero-order valence-electron chi connectivity index (χ0n) is 18.9. The maximum atomic E-state index is 13.4. The number of nitrogens with zero attached hydrogens (tertiary/aromatic N) is 2. The highest BCUT2D eigenvalue weighted by Gasteiger charge is 2.27. The third-order valence-electron chi connectivity index (χ3n) is 4.91. The molecule has 0 aromatic heterocycles. The fourth-order valence-electron chi connectivity index (χ4n) is 3.11. The minimum Gasteiger partial charge on any atom is -0.497 e. The summed E-state index contributed by atoms with van der Waals surface area (Å²) in [5.74, 6) is 0.489. The molecule has 3 aromatic rings. The van der Waals surface area contributed by atoms with Crippen molar-refractivity contribution in [2.24, 2.45) is 5.10 Å². The fraction of sp³-hybridized carbons (Fsp3) is 0.167. The minimum absolute atomic E-state index is 0.0465. The second-order valence-electron chi connectivity index (χ2n) is 7.22. The Morgan fingerprint density at radius 1 is 1.09 bits per heavy atom. The molecule has 0 atom stereocenters. The van der Waals surface area contributed by atoms with Gasteiger partial charge in [0.1, 0.15) is 11.5 Å². The average Bonchev–Trinajstić information content (AvgIpc) is 2.85. The van der Waals surface area contributed by atoms with E-state index < -0.39 is 22.5 Å². The number of hydrazone groups is 1. The number of benzene rings is 3. The molecule has 1 N–H and O–H groups in total. The summed E-state index contributed by atoms with van der Waals surface area (Å²) in [5, 5.41) is 4.35. The first-order valence-corrected chi connectivity index (χ1v) is 12.9. The molecule has 0 aliphatic rings. The summed E-state index contributed by atoms with van der Waals surface area (Å²) in [6, 6.07) is 18.1. The minimum atomic E-state index is -4.02. The number of sulfonamides is 1. The maximum absolute atomic E-state index is 13.4. The summed E-state index contributed by atoms with van der Waals surface area (Å²) < 4.78 is 39.0. The van der Waals surface area contributed by atoms with Crippen LogP contribution in [0.2, 0.25) is 5.02 Å². The fourth-order valence-corrected chi connectivity index (χ4v) is 4.94. The van der Waals surface area contributed by atoms with E-state index in [2.05, 4.69) is 26.5 Å². The van der Waals surface area contributed by atoms with Gasteiger partial charge in [-0.1, -0.05) is 45.7 Å². The van der Waals surface area contributed by atoms with Gasteiger partial charge in [-0.2, -0.15) is 9.41 Å². The highest BCUT2D eigenvalue weighted by atomic mass is 79.9. The van der Waals surface area contributed by atoms with Gasteiger partial charge in [-0.3, -0.25) is 4.79 Å². The number of carbonyl (C=O) groups is 1. The normalized spacial score (nSPS) is 11.6. The monoisotopic (exact) mass is 579 g/mol. The van der Waals surface area contributed by atoms with Crippen molar-refractivity contribution in [3.8, 4) is 11.5 Å². The van der Waals surface area contributed by atoms with Crippen LogP contribution in [0.1, 0.15) is 11.1 Å². The Kier molecular flexibility index (Phi) is 9.27. The lowest BCUT2D eigenvalue weighted by Gasteiger charge is -2.22. The Morgan fingerprint density at radius 2 is 1.80 bits per heavy atom. The van der Waals surface area contributed by atoms with E-state index in [1.54, 1.807) is 54.6 Å². The van der Waals surface area contributed by atoms with Gasteiger partial charge < -0.3 is 9.47 Å². The van der Waals surface area contributed by atoms with Crippen LogP contribution in [-0.2, 0) is 21.4 Å². The van der Waals surface area contributed by atoms with Crippen molar-refractivity contribution < 1.29 is 22.7 Å². The Hall–Kier alpha value is -2.92. The van der Waals surface area contributed by atoms with Gasteiger partial charge in [0, 0.05) is 21.6 Å². The van der Waals surface area contributed by atoms with Crippen LogP contribution in [0.25, 0.3) is 0 Å². The van der Waals surface area contributed by atoms with Crippen molar-refractivity contribution in [1.82, 2.24) is 9.73 Å². The third kappa shape index (κ3) is 7.04. The Morgan fingerprint density at radius 3 is 2.46 bits per heavy atom. The number of methoxy groups -OCH3 is 2. The summed E-state index contributed by atoms with van der Waals surface area (Å²) >= 11 is 9.55. The van der Waals surface area contributed by atoms with Crippen molar-refractivity contribution in [2.75, 3.05) is 20.8 Å². The van der Waals surface area contributed by atoms with E-state index in [0.717, 1.165) is 8.78 Å². The second-order valence-corrected chi connectivity index (χ2v) is 10.5. The number of ether oxygens (including phenoxy) is 2. The van der Waals surface area contributed by atoms with Crippen LogP contribution in [-0.4, -0.2) is 45.6 Å². The lowest BCUT2D eigenvalue weighted by Crippen LogP contribution is -2.39. The number of carbonyl (C=O) groups excluding carboxylic acids is 1. The molecule has 0 saturated carbocycles. The predicted octanol–water partition coefficient (Wildman–Crippen LogP) is 4.46. The van der Waals surface area contributed by atoms with Crippen molar-refractivity contribution in [3.05, 3.63) is 87.4 Å². The molecule has 3 aromatic carbocycles. The van der Waals surface area contributed by atoms with Gasteiger partial charge in [0.15, 0.2) is 0 Å². The number of hydrogen-bond acceptors (Lipinski definition) is 6. The molecule has 0 saturated heterocycles. The maximum Gasteiger partial charge on any atom is 0.255 e. The van der Waals surface area contributed by atoms with Crippen LogP contribution in [0.15, 0.2) is 81.2 Å². The first kappa shape index (κ1) is 26.7. The molecule has 1 amide bonds. The quantitative estimate of drug-likeness (QED) is 0.282. The largest absolute Gasteiger partial charge is 0.497 e. The molecule has 0 fully saturated rings. The molecule has 184 valence electrons. The summed E-state index contributed by atoms with van der Waals surface area (Å²) in [4.78, 5) is 12.7. The molecule has 0 aliphatic carbocycles. The molecule has 8 nitrogen and oxygen atoms in total. The van der Waals surface area contributed by atoms with E-state index in [-0.39, 0.29) is 11.4 Å². The van der Waals surface area contributed by atoms with Crippen LogP contribution in [0, 0.1) is 0 Å². The third-order valence-corrected chi connectivity index (χ3v) is 7.61. The van der Waals surface area contributed by atoms with E-state index in [1.165, 1.54) is 32.6 Å². The molecule has 0 radical (unpaired) electrons. The van der Waals surface area contributed by atoms with Crippen LogP contribution >= 0.6 is 27.5 Å². The summed E-state index contributed by atoms with van der Waals surface area (Å²) in [6.45, 7) is -0.574. The number of hydrogen-bond donors (Lipinski definition) is 1. The van der Waals surface area contributed by atoms with Gasteiger partial charge in [-0.05, 0) is 54.1 Å². The zero-order valence-corrected chi connectivity index (χ0v) is 22.1. The van der Waals surface area contributed by atoms with E-state index in [1.807, 2.05) is 0 Å². The summed E-state index contributed by atoms with van der Waals surface area (Å²) in [6.07, 6.45) is 1.39. The van der Waals surface area contributed by atoms with Crippen molar-refractivity contribution in [1.29, 1.82) is 0 Å². The van der Waals surface area contributed by atoms with Crippen LogP contribution in [0.5, 0.6) is 11.5 Å². The van der Waals surface area contributed by atoms with Crippen LogP contribution < -0.4 is 14.9 Å². The SMILES string of the molecule is COc1ccc(OC)c(/C=N/NC(=O)CN(Cc2ccccc2Cl)S(=O)(=O)c2ccc(Br)cc2)c1. The summed E-state index contributed by atoms with van der Waals surface area (Å²) in [7, 11) is -0.977. The smallest absolute Gasteiger partial charge is 0.255 e. The molecular formula is C24H23BrClN3O5S.